The number of aromatic nitrogens is 3. The van der Waals surface area contributed by atoms with Gasteiger partial charge in [-0.15, -0.1) is 10.2 Å². The molecule has 1 aromatic carbocycles. The van der Waals surface area contributed by atoms with Crippen molar-refractivity contribution in [2.45, 2.75) is 36.9 Å². The molecule has 0 unspecified atom stereocenters. The Morgan fingerprint density at radius 2 is 2.03 bits per heavy atom. The van der Waals surface area contributed by atoms with Gasteiger partial charge in [-0.3, -0.25) is 4.79 Å². The van der Waals surface area contributed by atoms with E-state index in [0.29, 0.717) is 12.3 Å². The average Bonchev–Trinajstić information content (AvgIpc) is 3.30. The van der Waals surface area contributed by atoms with E-state index in [1.807, 2.05) is 24.3 Å². The van der Waals surface area contributed by atoms with Gasteiger partial charge in [0.25, 0.3) is 0 Å². The third-order valence-electron chi connectivity index (χ3n) is 5.12. The van der Waals surface area contributed by atoms with Crippen molar-refractivity contribution in [2.75, 3.05) is 41.8 Å². The number of amides is 1. The first-order chi connectivity index (χ1) is 16.1. The summed E-state index contributed by atoms with van der Waals surface area (Å²) in [5.74, 6) is 1.43. The van der Waals surface area contributed by atoms with Crippen molar-refractivity contribution < 1.29 is 9.53 Å². The highest BCUT2D eigenvalue weighted by Gasteiger charge is 2.15. The molecule has 1 aliphatic rings. The summed E-state index contributed by atoms with van der Waals surface area (Å²) >= 11 is 3.30. The Bertz CT molecular complexity index is 1080. The Hall–Kier alpha value is -2.69. The lowest BCUT2D eigenvalue weighted by Gasteiger charge is -2.29. The van der Waals surface area contributed by atoms with Gasteiger partial charge < -0.3 is 20.3 Å². The normalized spacial score (nSPS) is 13.7. The summed E-state index contributed by atoms with van der Waals surface area (Å²) in [4.78, 5) is 18.7. The van der Waals surface area contributed by atoms with E-state index in [2.05, 4.69) is 44.8 Å². The molecule has 10 heteroatoms. The summed E-state index contributed by atoms with van der Waals surface area (Å²) in [6.45, 7) is 7.33. The monoisotopic (exact) mass is 484 g/mol. The van der Waals surface area contributed by atoms with Gasteiger partial charge in [0.15, 0.2) is 4.34 Å². The molecular weight excluding hydrogens is 456 g/mol. The number of carbonyl (C=O) groups excluding carboxylic acids is 1. The Morgan fingerprint density at radius 1 is 1.21 bits per heavy atom. The number of ether oxygens (including phenoxy) is 1. The number of hydrogen-bond donors (Lipinski definition) is 2. The first-order valence-corrected chi connectivity index (χ1v) is 12.8. The number of thioether (sulfide) groups is 1. The lowest BCUT2D eigenvalue weighted by Crippen LogP contribution is -2.36. The first kappa shape index (κ1) is 23.5. The van der Waals surface area contributed by atoms with Crippen molar-refractivity contribution >= 4 is 46.2 Å². The molecule has 1 fully saturated rings. The van der Waals surface area contributed by atoms with E-state index in [-0.39, 0.29) is 5.91 Å². The number of anilines is 3. The van der Waals surface area contributed by atoms with Crippen LogP contribution in [0.15, 0.2) is 40.7 Å². The van der Waals surface area contributed by atoms with Crippen LogP contribution in [0.25, 0.3) is 0 Å². The summed E-state index contributed by atoms with van der Waals surface area (Å²) in [5.41, 5.74) is 3.92. The number of benzene rings is 1. The second kappa shape index (κ2) is 11.4. The number of rotatable bonds is 9. The number of morpholine rings is 1. The molecule has 2 N–H and O–H groups in total. The van der Waals surface area contributed by atoms with Gasteiger partial charge in [-0.05, 0) is 24.1 Å². The van der Waals surface area contributed by atoms with E-state index in [1.54, 1.807) is 23.1 Å². The number of aryl methyl sites for hydroxylation is 1. The lowest BCUT2D eigenvalue weighted by atomic mass is 10.1. The van der Waals surface area contributed by atoms with Crippen molar-refractivity contribution in [2.24, 2.45) is 0 Å². The van der Waals surface area contributed by atoms with Crippen molar-refractivity contribution in [3.05, 3.63) is 52.7 Å². The maximum absolute atomic E-state index is 11.5. The predicted molar refractivity (Wildman–Crippen MR) is 134 cm³/mol. The largest absolute Gasteiger partial charge is 0.378 e. The van der Waals surface area contributed by atoms with E-state index >= 15 is 0 Å². The predicted octanol–water partition coefficient (Wildman–Crippen LogP) is 4.19. The zero-order valence-corrected chi connectivity index (χ0v) is 20.5. The molecule has 0 radical (unpaired) electrons. The third kappa shape index (κ3) is 6.66. The fraction of sp³-hybridized carbons (Fsp3) is 0.391. The molecule has 0 saturated carbocycles. The summed E-state index contributed by atoms with van der Waals surface area (Å²) in [6, 6.07) is 12.0. The van der Waals surface area contributed by atoms with E-state index < -0.39 is 0 Å². The minimum absolute atomic E-state index is 0.0860. The molecule has 0 aliphatic carbocycles. The van der Waals surface area contributed by atoms with Crippen LogP contribution in [-0.2, 0) is 28.2 Å². The topological polar surface area (TPSA) is 92.3 Å². The van der Waals surface area contributed by atoms with E-state index in [9.17, 15) is 4.79 Å². The van der Waals surface area contributed by atoms with Crippen LogP contribution in [0.5, 0.6) is 0 Å². The SMILES string of the molecule is CCc1nnc(SCc2cc(N3CCOCC3)cc(NCc3ccccc3NC(C)=O)n2)s1. The van der Waals surface area contributed by atoms with Crippen LogP contribution in [0.3, 0.4) is 0 Å². The summed E-state index contributed by atoms with van der Waals surface area (Å²) < 4.78 is 6.49. The Labute approximate surface area is 202 Å². The number of hydrogen-bond acceptors (Lipinski definition) is 9. The smallest absolute Gasteiger partial charge is 0.221 e. The first-order valence-electron chi connectivity index (χ1n) is 11.0. The number of nitrogens with one attached hydrogen (secondary N) is 2. The van der Waals surface area contributed by atoms with E-state index in [4.69, 9.17) is 9.72 Å². The van der Waals surface area contributed by atoms with Crippen molar-refractivity contribution in [1.82, 2.24) is 15.2 Å². The molecular formula is C23H28N6O2S2. The minimum Gasteiger partial charge on any atom is -0.378 e. The van der Waals surface area contributed by atoms with Gasteiger partial charge >= 0.3 is 0 Å². The molecule has 3 aromatic rings. The number of para-hydroxylation sites is 1. The molecule has 0 atom stereocenters. The van der Waals surface area contributed by atoms with E-state index in [0.717, 1.165) is 70.5 Å². The molecule has 2 aromatic heterocycles. The van der Waals surface area contributed by atoms with Crippen molar-refractivity contribution in [3.8, 4) is 0 Å². The number of carbonyl (C=O) groups is 1. The van der Waals surface area contributed by atoms with E-state index in [1.165, 1.54) is 6.92 Å². The van der Waals surface area contributed by atoms with Crippen LogP contribution in [0.4, 0.5) is 17.2 Å². The molecule has 3 heterocycles. The van der Waals surface area contributed by atoms with Gasteiger partial charge in [0.2, 0.25) is 5.91 Å². The van der Waals surface area contributed by atoms with Crippen molar-refractivity contribution in [3.63, 3.8) is 0 Å². The zero-order chi connectivity index (χ0) is 23.0. The van der Waals surface area contributed by atoms with Crippen LogP contribution in [-0.4, -0.2) is 47.4 Å². The highest BCUT2D eigenvalue weighted by molar-refractivity contribution is 8.00. The fourth-order valence-electron chi connectivity index (χ4n) is 3.49. The second-order valence-electron chi connectivity index (χ2n) is 7.60. The van der Waals surface area contributed by atoms with Gasteiger partial charge in [0, 0.05) is 49.8 Å². The minimum atomic E-state index is -0.0860. The summed E-state index contributed by atoms with van der Waals surface area (Å²) in [5, 5.41) is 15.9. The molecule has 1 saturated heterocycles. The van der Waals surface area contributed by atoms with Crippen LogP contribution in [0, 0.1) is 0 Å². The summed E-state index contributed by atoms with van der Waals surface area (Å²) in [6.07, 6.45) is 0.900. The van der Waals surface area contributed by atoms with Crippen LogP contribution >= 0.6 is 23.1 Å². The highest BCUT2D eigenvalue weighted by Crippen LogP contribution is 2.29. The van der Waals surface area contributed by atoms with Crippen molar-refractivity contribution in [1.29, 1.82) is 0 Å². The Kier molecular flexibility index (Phi) is 8.14. The molecule has 0 bridgehead atoms. The summed E-state index contributed by atoms with van der Waals surface area (Å²) in [7, 11) is 0. The highest BCUT2D eigenvalue weighted by atomic mass is 32.2. The van der Waals surface area contributed by atoms with Crippen LogP contribution in [0.2, 0.25) is 0 Å². The van der Waals surface area contributed by atoms with Gasteiger partial charge in [0.1, 0.15) is 10.8 Å². The molecule has 0 spiro atoms. The Morgan fingerprint density at radius 3 is 2.79 bits per heavy atom. The molecule has 4 rings (SSSR count). The lowest BCUT2D eigenvalue weighted by molar-refractivity contribution is -0.114. The third-order valence-corrected chi connectivity index (χ3v) is 7.36. The van der Waals surface area contributed by atoms with Gasteiger partial charge in [-0.1, -0.05) is 48.2 Å². The number of pyridine rings is 1. The van der Waals surface area contributed by atoms with Gasteiger partial charge in [-0.25, -0.2) is 4.98 Å². The maximum Gasteiger partial charge on any atom is 0.221 e. The van der Waals surface area contributed by atoms with Crippen LogP contribution < -0.4 is 15.5 Å². The Balaban J connectivity index is 1.52. The standard InChI is InChI=1S/C23H28N6O2S2/c1-3-22-27-28-23(33-22)32-15-18-12-19(29-8-10-31-11-9-29)13-21(26-18)24-14-17-6-4-5-7-20(17)25-16(2)30/h4-7,12-13H,3,8-11,14-15H2,1-2H3,(H,24,26)(H,25,30). The second-order valence-corrected chi connectivity index (χ2v) is 9.88. The van der Waals surface area contributed by atoms with Crippen LogP contribution in [0.1, 0.15) is 30.1 Å². The molecule has 1 amide bonds. The van der Waals surface area contributed by atoms with Gasteiger partial charge in [0.05, 0.1) is 18.9 Å². The molecule has 33 heavy (non-hydrogen) atoms. The zero-order valence-electron chi connectivity index (χ0n) is 18.8. The number of nitrogens with zero attached hydrogens (tertiary/aromatic N) is 4. The molecule has 8 nitrogen and oxygen atoms in total. The average molecular weight is 485 g/mol. The molecule has 174 valence electrons. The maximum atomic E-state index is 11.5. The fourth-order valence-corrected chi connectivity index (χ4v) is 5.22. The van der Waals surface area contributed by atoms with Gasteiger partial charge in [-0.2, -0.15) is 0 Å². The quantitative estimate of drug-likeness (QED) is 0.437. The molecule has 1 aliphatic heterocycles.